The third kappa shape index (κ3) is 9.96. The molecule has 20 heteroatoms. The fourth-order valence-corrected chi connectivity index (χ4v) is 10.7. The highest BCUT2D eigenvalue weighted by Gasteiger charge is 2.64. The van der Waals surface area contributed by atoms with E-state index in [2.05, 4.69) is 25.2 Å². The first kappa shape index (κ1) is 47.8. The number of rotatable bonds is 10. The van der Waals surface area contributed by atoms with Gasteiger partial charge in [0.1, 0.15) is 41.7 Å². The predicted octanol–water partition coefficient (Wildman–Crippen LogP) is 5.16. The summed E-state index contributed by atoms with van der Waals surface area (Å²) in [5.41, 5.74) is -4.12. The number of benzene rings is 1. The molecule has 4 fully saturated rings. The first-order valence-electron chi connectivity index (χ1n) is 23.2. The summed E-state index contributed by atoms with van der Waals surface area (Å²) >= 11 is 0. The van der Waals surface area contributed by atoms with Gasteiger partial charge in [0.05, 0.1) is 30.0 Å². The van der Waals surface area contributed by atoms with Crippen LogP contribution in [0, 0.1) is 11.8 Å². The molecule has 362 valence electrons. The van der Waals surface area contributed by atoms with Crippen LogP contribution in [0.4, 0.5) is 18.0 Å². The molecular weight excluding hydrogens is 886 g/mol. The highest BCUT2D eigenvalue weighted by molar-refractivity contribution is 7.91. The molecule has 4 aliphatic heterocycles. The molecular formula is C46H61F3N6O10S. The van der Waals surface area contributed by atoms with Crippen molar-refractivity contribution >= 4 is 44.7 Å². The van der Waals surface area contributed by atoms with Crippen LogP contribution < -0.4 is 24.8 Å². The van der Waals surface area contributed by atoms with Crippen molar-refractivity contribution in [1.82, 2.24) is 30.1 Å². The van der Waals surface area contributed by atoms with Crippen molar-refractivity contribution in [2.24, 2.45) is 11.8 Å². The second-order valence-electron chi connectivity index (χ2n) is 19.5. The van der Waals surface area contributed by atoms with E-state index >= 15 is 13.2 Å². The lowest BCUT2D eigenvalue weighted by Gasteiger charge is -2.37. The molecule has 6 aliphatic rings. The Morgan fingerprint density at radius 1 is 1.06 bits per heavy atom. The van der Waals surface area contributed by atoms with Crippen LogP contribution in [0.1, 0.15) is 103 Å². The summed E-state index contributed by atoms with van der Waals surface area (Å²) in [6.45, 7) is 10.4. The zero-order chi connectivity index (χ0) is 47.2. The van der Waals surface area contributed by atoms with Crippen molar-refractivity contribution in [2.75, 3.05) is 46.0 Å². The summed E-state index contributed by atoms with van der Waals surface area (Å²) in [5.74, 6) is -3.06. The topological polar surface area (TPSA) is 195 Å². The van der Waals surface area contributed by atoms with Gasteiger partial charge >= 0.3 is 12.3 Å². The number of halogens is 3. The third-order valence-electron chi connectivity index (χ3n) is 14.3. The Morgan fingerprint density at radius 3 is 2.53 bits per heavy atom. The minimum atomic E-state index is -4.95. The number of amides is 4. The van der Waals surface area contributed by atoms with Crippen molar-refractivity contribution in [3.63, 3.8) is 0 Å². The minimum Gasteiger partial charge on any atom is -0.492 e. The number of nitrogens with one attached hydrogen (secondary N) is 3. The molecule has 4 amide bonds. The molecule has 2 aromatic rings. The van der Waals surface area contributed by atoms with Crippen LogP contribution in [0.15, 0.2) is 30.4 Å². The summed E-state index contributed by atoms with van der Waals surface area (Å²) in [6.07, 6.45) is 0.724. The molecule has 1 unspecified atom stereocenters. The number of aryl methyl sites for hydroxylation is 1. The van der Waals surface area contributed by atoms with E-state index in [1.54, 1.807) is 25.1 Å². The fourth-order valence-electron chi connectivity index (χ4n) is 9.39. The molecule has 1 spiro atoms. The molecule has 2 saturated heterocycles. The van der Waals surface area contributed by atoms with Crippen LogP contribution in [-0.4, -0.2) is 127 Å². The molecule has 6 atom stereocenters. The van der Waals surface area contributed by atoms with Gasteiger partial charge in [-0.05, 0) is 89.3 Å². The van der Waals surface area contributed by atoms with E-state index < -0.39 is 91.5 Å². The average molecular weight is 947 g/mol. The summed E-state index contributed by atoms with van der Waals surface area (Å²) in [4.78, 5) is 64.5. The number of nitrogens with zero attached hydrogens (tertiary/aromatic N) is 3. The van der Waals surface area contributed by atoms with Gasteiger partial charge in [0, 0.05) is 42.9 Å². The van der Waals surface area contributed by atoms with E-state index in [4.69, 9.17) is 18.9 Å². The predicted molar refractivity (Wildman–Crippen MR) is 235 cm³/mol. The second-order valence-corrected chi connectivity index (χ2v) is 21.7. The number of sulfonamides is 1. The molecule has 0 radical (unpaired) electrons. The van der Waals surface area contributed by atoms with Crippen LogP contribution in [-0.2, 0) is 46.5 Å². The maximum absolute atomic E-state index is 15.0. The lowest BCUT2D eigenvalue weighted by atomic mass is 9.87. The highest BCUT2D eigenvalue weighted by atomic mass is 32.2. The smallest absolute Gasteiger partial charge is 0.437 e. The molecule has 3 N–H and O–H groups in total. The third-order valence-corrected chi connectivity index (χ3v) is 16.5. The van der Waals surface area contributed by atoms with Crippen LogP contribution in [0.5, 0.6) is 11.5 Å². The Labute approximate surface area is 383 Å². The average Bonchev–Trinajstić information content (AvgIpc) is 4.16. The Hall–Kier alpha value is -4.69. The SMILES string of the molecule is CC(C)[C@H](C)OC(=O)N[C@H]1CCCCC/C=C\C2C[C@@]2(C(=O)NS(=O)(=O)C2(C)CC2)NC(=O)[C@@H]2C[C@]3(CCc4c(c(C(F)(F)F)nc5ccc(OCCN6CCOCC6)cc45)O3)CN2C1=O. The molecule has 16 nitrogen and oxygen atoms in total. The number of carbonyl (C=O) groups is 4. The number of hydrogen-bond donors (Lipinski definition) is 3. The van der Waals surface area contributed by atoms with Gasteiger partial charge in [-0.2, -0.15) is 13.2 Å². The van der Waals surface area contributed by atoms with E-state index in [0.717, 1.165) is 13.1 Å². The summed E-state index contributed by atoms with van der Waals surface area (Å²) < 4.78 is 96.3. The van der Waals surface area contributed by atoms with Crippen LogP contribution >= 0.6 is 0 Å². The van der Waals surface area contributed by atoms with Gasteiger partial charge in [-0.1, -0.05) is 38.8 Å². The quantitative estimate of drug-likeness (QED) is 0.265. The van der Waals surface area contributed by atoms with Gasteiger partial charge in [-0.15, -0.1) is 0 Å². The van der Waals surface area contributed by atoms with Gasteiger partial charge in [-0.25, -0.2) is 18.2 Å². The van der Waals surface area contributed by atoms with Crippen molar-refractivity contribution in [3.05, 3.63) is 41.6 Å². The number of hydrogen-bond acceptors (Lipinski definition) is 12. The molecule has 1 aromatic carbocycles. The number of alkyl carbamates (subject to hydrolysis) is 1. The number of ether oxygens (including phenoxy) is 4. The molecule has 66 heavy (non-hydrogen) atoms. The van der Waals surface area contributed by atoms with Gasteiger partial charge in [0.2, 0.25) is 21.8 Å². The number of carbonyl (C=O) groups excluding carboxylic acids is 4. The Balaban J connectivity index is 1.13. The number of allylic oxidation sites excluding steroid dienone is 1. The maximum Gasteiger partial charge on any atom is 0.437 e. The molecule has 2 saturated carbocycles. The van der Waals surface area contributed by atoms with E-state index in [-0.39, 0.29) is 55.6 Å². The lowest BCUT2D eigenvalue weighted by molar-refractivity contribution is -0.144. The second kappa shape index (κ2) is 18.4. The monoisotopic (exact) mass is 946 g/mol. The normalized spacial score (nSPS) is 29.0. The number of fused-ring (bicyclic) bond motifs is 5. The fraction of sp³-hybridized carbons (Fsp3) is 0.674. The largest absolute Gasteiger partial charge is 0.492 e. The van der Waals surface area contributed by atoms with Crippen molar-refractivity contribution in [1.29, 1.82) is 0 Å². The number of aromatic nitrogens is 1. The Kier molecular flexibility index (Phi) is 13.3. The first-order valence-corrected chi connectivity index (χ1v) is 24.7. The van der Waals surface area contributed by atoms with Crippen molar-refractivity contribution < 1.29 is 59.7 Å². The molecule has 5 heterocycles. The molecule has 0 bridgehead atoms. The van der Waals surface area contributed by atoms with E-state index in [1.807, 2.05) is 19.9 Å². The van der Waals surface area contributed by atoms with E-state index in [1.165, 1.54) is 17.9 Å². The summed E-state index contributed by atoms with van der Waals surface area (Å²) in [7, 11) is -4.11. The Morgan fingerprint density at radius 2 is 1.82 bits per heavy atom. The molecule has 8 rings (SSSR count). The molecule has 1 aromatic heterocycles. The molecule has 2 aliphatic carbocycles. The highest BCUT2D eigenvalue weighted by Crippen LogP contribution is 2.50. The zero-order valence-corrected chi connectivity index (χ0v) is 38.8. The van der Waals surface area contributed by atoms with E-state index in [9.17, 15) is 27.6 Å². The summed E-state index contributed by atoms with van der Waals surface area (Å²) in [6, 6.07) is 2.13. The first-order chi connectivity index (χ1) is 31.2. The Bertz CT molecular complexity index is 2360. The van der Waals surface area contributed by atoms with Crippen LogP contribution in [0.3, 0.4) is 0 Å². The number of morpholine rings is 1. The van der Waals surface area contributed by atoms with Gasteiger partial charge in [0.15, 0.2) is 11.4 Å². The lowest BCUT2D eigenvalue weighted by Crippen LogP contribution is -2.58. The van der Waals surface area contributed by atoms with Crippen LogP contribution in [0.2, 0.25) is 0 Å². The standard InChI is InChI=1S/C46H61F3N6O10S/c1-28(2)29(3)64-42(59)51-35-11-9-7-5-6-8-10-30-25-45(30,41(58)53-66(60,61)43(4)16-17-43)52-39(56)36-26-44(27-55(36)40(35)57)15-14-32-33-24-31(63-23-20-54-18-21-62-22-19-54)12-13-34(33)50-38(37(32)65-44)46(47,48)49/h8,10,12-13,24,28-30,35-36H,5-7,9,11,14-23,25-27H2,1-4H3,(H,51,59)(H,52,56)(H,53,58)/b10-8-/t29-,30?,35-,36-,44+,45+/m0/s1. The maximum atomic E-state index is 15.0. The van der Waals surface area contributed by atoms with Gasteiger partial charge in [-0.3, -0.25) is 24.0 Å². The minimum absolute atomic E-state index is 0.0316. The number of pyridine rings is 1. The van der Waals surface area contributed by atoms with Crippen molar-refractivity contribution in [2.45, 2.75) is 139 Å². The van der Waals surface area contributed by atoms with E-state index in [0.29, 0.717) is 76.0 Å². The van der Waals surface area contributed by atoms with Crippen molar-refractivity contribution in [3.8, 4) is 11.5 Å². The zero-order valence-electron chi connectivity index (χ0n) is 38.0. The summed E-state index contributed by atoms with van der Waals surface area (Å²) in [5, 5.41) is 5.94. The van der Waals surface area contributed by atoms with Gasteiger partial charge in [0.25, 0.3) is 5.91 Å². The van der Waals surface area contributed by atoms with Crippen LogP contribution in [0.25, 0.3) is 10.9 Å². The van der Waals surface area contributed by atoms with Gasteiger partial charge < -0.3 is 34.5 Å². The number of alkyl halides is 3.